The molecule has 0 aromatic carbocycles. The Labute approximate surface area is 140 Å². The maximum atomic E-state index is 13.9. The second-order valence-corrected chi connectivity index (χ2v) is 7.01. The van der Waals surface area contributed by atoms with Crippen LogP contribution in [0.4, 0.5) is 4.39 Å². The number of hydrogen-bond acceptors (Lipinski definition) is 6. The van der Waals surface area contributed by atoms with Gasteiger partial charge in [-0.25, -0.2) is 14.4 Å². The van der Waals surface area contributed by atoms with E-state index in [1.165, 1.54) is 6.08 Å². The standard InChI is InChI=1S/C16H23FN6O/c1-16(2,24)7-23-9-22-6-11(15(19)20-8-22)14(21-23)10-3-4-13(18)12(17)5-10/h4-5,8,10,19,21,24H,3,6-7,9,18H2,1-2H3. The molecule has 0 saturated heterocycles. The number of β-amino-alcohol motifs (C(OH)–C–C–N with tert-alkyl or cyclic N) is 1. The molecule has 0 fully saturated rings. The van der Waals surface area contributed by atoms with E-state index >= 15 is 0 Å². The van der Waals surface area contributed by atoms with Crippen LogP contribution in [0.25, 0.3) is 0 Å². The number of nitrogens with two attached hydrogens (primary N) is 1. The van der Waals surface area contributed by atoms with Gasteiger partial charge < -0.3 is 21.2 Å². The third-order valence-corrected chi connectivity index (χ3v) is 4.12. The van der Waals surface area contributed by atoms with Gasteiger partial charge in [-0.2, -0.15) is 0 Å². The molecule has 8 heteroatoms. The summed E-state index contributed by atoms with van der Waals surface area (Å²) in [6.45, 7) is 4.86. The maximum absolute atomic E-state index is 13.9. The average molecular weight is 334 g/mol. The lowest BCUT2D eigenvalue weighted by atomic mass is 9.92. The predicted octanol–water partition coefficient (Wildman–Crippen LogP) is 0.826. The Kier molecular flexibility index (Phi) is 4.18. The zero-order chi connectivity index (χ0) is 17.5. The lowest BCUT2D eigenvalue weighted by Gasteiger charge is -2.33. The number of rotatable bonds is 3. The summed E-state index contributed by atoms with van der Waals surface area (Å²) in [4.78, 5) is 6.08. The van der Waals surface area contributed by atoms with Crippen LogP contribution in [0.2, 0.25) is 0 Å². The SMILES string of the molecule is CC(C)(O)CN1CN2C=NC(=N)C(=C(C3C=C(F)C(N)=CC3)N1)C2. The second kappa shape index (κ2) is 6.03. The van der Waals surface area contributed by atoms with Crippen LogP contribution in [-0.4, -0.2) is 52.5 Å². The van der Waals surface area contributed by atoms with Crippen molar-refractivity contribution in [3.8, 4) is 0 Å². The quantitative estimate of drug-likeness (QED) is 0.612. The Morgan fingerprint density at radius 3 is 2.96 bits per heavy atom. The lowest BCUT2D eigenvalue weighted by Crippen LogP contribution is -2.49. The molecule has 1 aliphatic carbocycles. The zero-order valence-corrected chi connectivity index (χ0v) is 13.9. The van der Waals surface area contributed by atoms with E-state index in [0.29, 0.717) is 26.2 Å². The summed E-state index contributed by atoms with van der Waals surface area (Å²) in [5, 5.41) is 20.1. The Morgan fingerprint density at radius 1 is 1.54 bits per heavy atom. The third-order valence-electron chi connectivity index (χ3n) is 4.12. The van der Waals surface area contributed by atoms with Gasteiger partial charge in [0.15, 0.2) is 5.84 Å². The number of nitrogens with one attached hydrogen (secondary N) is 2. The summed E-state index contributed by atoms with van der Waals surface area (Å²) < 4.78 is 13.9. The van der Waals surface area contributed by atoms with E-state index in [9.17, 15) is 9.50 Å². The van der Waals surface area contributed by atoms with Gasteiger partial charge in [-0.1, -0.05) is 6.08 Å². The van der Waals surface area contributed by atoms with Crippen LogP contribution in [0.5, 0.6) is 0 Å². The fraction of sp³-hybridized carbons (Fsp3) is 0.500. The van der Waals surface area contributed by atoms with E-state index in [-0.39, 0.29) is 17.5 Å². The first kappa shape index (κ1) is 16.7. The molecular formula is C16H23FN6O. The molecule has 0 spiro atoms. The minimum absolute atomic E-state index is 0.150. The van der Waals surface area contributed by atoms with Gasteiger partial charge in [-0.05, 0) is 26.3 Å². The summed E-state index contributed by atoms with van der Waals surface area (Å²) >= 11 is 0. The highest BCUT2D eigenvalue weighted by molar-refractivity contribution is 6.03. The molecule has 2 bridgehead atoms. The van der Waals surface area contributed by atoms with Gasteiger partial charge in [0, 0.05) is 23.7 Å². The van der Waals surface area contributed by atoms with Crippen molar-refractivity contribution in [1.29, 1.82) is 5.41 Å². The molecule has 5 N–H and O–H groups in total. The lowest BCUT2D eigenvalue weighted by molar-refractivity contribution is 0.00999. The van der Waals surface area contributed by atoms with Crippen molar-refractivity contribution in [3.63, 3.8) is 0 Å². The molecule has 0 radical (unpaired) electrons. The van der Waals surface area contributed by atoms with E-state index < -0.39 is 11.4 Å². The molecule has 3 rings (SSSR count). The molecule has 1 unspecified atom stereocenters. The smallest absolute Gasteiger partial charge is 0.153 e. The molecule has 0 saturated carbocycles. The van der Waals surface area contributed by atoms with Gasteiger partial charge in [0.25, 0.3) is 0 Å². The number of hydrogen-bond donors (Lipinski definition) is 4. The van der Waals surface area contributed by atoms with Gasteiger partial charge in [-0.3, -0.25) is 5.41 Å². The molecule has 130 valence electrons. The van der Waals surface area contributed by atoms with Gasteiger partial charge in [0.2, 0.25) is 0 Å². The van der Waals surface area contributed by atoms with Crippen LogP contribution < -0.4 is 11.2 Å². The number of fused-ring (bicyclic) bond motifs is 2. The van der Waals surface area contributed by atoms with Crippen LogP contribution in [0.1, 0.15) is 20.3 Å². The Bertz CT molecular complexity index is 673. The molecule has 0 aromatic heterocycles. The summed E-state index contributed by atoms with van der Waals surface area (Å²) in [6.07, 6.45) is 5.32. The van der Waals surface area contributed by atoms with Crippen molar-refractivity contribution in [1.82, 2.24) is 15.3 Å². The molecule has 2 aliphatic heterocycles. The average Bonchev–Trinajstić information content (AvgIpc) is 2.62. The van der Waals surface area contributed by atoms with Crippen molar-refractivity contribution in [2.45, 2.75) is 25.9 Å². The number of nitrogens with zero attached hydrogens (tertiary/aromatic N) is 3. The highest BCUT2D eigenvalue weighted by Gasteiger charge is 2.31. The first-order valence-corrected chi connectivity index (χ1v) is 7.90. The van der Waals surface area contributed by atoms with Gasteiger partial charge >= 0.3 is 0 Å². The first-order chi connectivity index (χ1) is 11.2. The normalized spacial score (nSPS) is 25.2. The number of halogens is 1. The molecule has 2 heterocycles. The number of aliphatic hydroxyl groups is 1. The molecule has 0 amide bonds. The maximum Gasteiger partial charge on any atom is 0.153 e. The topological polar surface area (TPSA) is 101 Å². The van der Waals surface area contributed by atoms with Crippen LogP contribution in [0.15, 0.2) is 39.9 Å². The van der Waals surface area contributed by atoms with Gasteiger partial charge in [-0.15, -0.1) is 0 Å². The summed E-state index contributed by atoms with van der Waals surface area (Å²) in [5.41, 5.74) is 9.62. The van der Waals surface area contributed by atoms with Gasteiger partial charge in [0.1, 0.15) is 5.83 Å². The minimum Gasteiger partial charge on any atom is -0.397 e. The number of amidine groups is 1. The molecular weight excluding hydrogens is 311 g/mol. The van der Waals surface area contributed by atoms with Crippen LogP contribution in [-0.2, 0) is 0 Å². The molecule has 24 heavy (non-hydrogen) atoms. The van der Waals surface area contributed by atoms with E-state index in [2.05, 4.69) is 10.4 Å². The predicted molar refractivity (Wildman–Crippen MR) is 90.5 cm³/mol. The monoisotopic (exact) mass is 334 g/mol. The first-order valence-electron chi connectivity index (χ1n) is 7.90. The highest BCUT2D eigenvalue weighted by Crippen LogP contribution is 2.30. The minimum atomic E-state index is -0.898. The van der Waals surface area contributed by atoms with Crippen molar-refractivity contribution in [2.75, 3.05) is 19.8 Å². The van der Waals surface area contributed by atoms with Crippen molar-refractivity contribution in [3.05, 3.63) is 34.9 Å². The molecule has 0 aromatic rings. The van der Waals surface area contributed by atoms with E-state index in [4.69, 9.17) is 11.1 Å². The summed E-state index contributed by atoms with van der Waals surface area (Å²) in [5.74, 6) is -0.512. The Hall–Kier alpha value is -2.19. The van der Waals surface area contributed by atoms with Crippen molar-refractivity contribution < 1.29 is 9.50 Å². The zero-order valence-electron chi connectivity index (χ0n) is 13.9. The van der Waals surface area contributed by atoms with Crippen LogP contribution in [0, 0.1) is 11.3 Å². The van der Waals surface area contributed by atoms with Crippen LogP contribution >= 0.6 is 0 Å². The molecule has 7 nitrogen and oxygen atoms in total. The molecule has 1 atom stereocenters. The third kappa shape index (κ3) is 3.49. The van der Waals surface area contributed by atoms with E-state index in [1.54, 1.807) is 26.3 Å². The summed E-state index contributed by atoms with van der Waals surface area (Å²) in [6, 6.07) is 0. The van der Waals surface area contributed by atoms with Crippen molar-refractivity contribution >= 4 is 12.2 Å². The van der Waals surface area contributed by atoms with Crippen molar-refractivity contribution in [2.24, 2.45) is 16.6 Å². The number of allylic oxidation sites excluding steroid dienone is 3. The fourth-order valence-corrected chi connectivity index (χ4v) is 3.08. The number of aliphatic imine (C=N–C) groups is 1. The molecule has 3 aliphatic rings. The van der Waals surface area contributed by atoms with E-state index in [1.807, 2.05) is 9.91 Å². The van der Waals surface area contributed by atoms with Crippen LogP contribution in [0.3, 0.4) is 0 Å². The summed E-state index contributed by atoms with van der Waals surface area (Å²) in [7, 11) is 0. The van der Waals surface area contributed by atoms with E-state index in [0.717, 1.165) is 11.3 Å². The second-order valence-electron chi connectivity index (χ2n) is 7.01. The highest BCUT2D eigenvalue weighted by atomic mass is 19.1. The fourth-order valence-electron chi connectivity index (χ4n) is 3.08. The Balaban J connectivity index is 1.95. The number of hydrazine groups is 1. The van der Waals surface area contributed by atoms with Gasteiger partial charge in [0.05, 0.1) is 30.9 Å². The Morgan fingerprint density at radius 2 is 2.29 bits per heavy atom. The largest absolute Gasteiger partial charge is 0.397 e.